The van der Waals surface area contributed by atoms with Crippen molar-refractivity contribution in [2.75, 3.05) is 30.0 Å². The van der Waals surface area contributed by atoms with Crippen LogP contribution in [0.15, 0.2) is 72.4 Å². The lowest BCUT2D eigenvalue weighted by atomic mass is 9.97. The molecule has 1 unspecified atom stereocenters. The molecule has 1 N–H and O–H groups in total. The number of likely N-dealkylation sites (N-methyl/N-ethyl adjacent to an activating group) is 1. The quantitative estimate of drug-likeness (QED) is 0.235. The average Bonchev–Trinajstić information content (AvgIpc) is 3.18. The lowest BCUT2D eigenvalue weighted by Gasteiger charge is -2.28. The molecule has 1 saturated heterocycles. The monoisotopic (exact) mass is 513 g/mol. The number of pyridine rings is 1. The largest absolute Gasteiger partial charge is 0.507 e. The van der Waals surface area contributed by atoms with Crippen LogP contribution >= 0.6 is 0 Å². The minimum atomic E-state index is -1.02. The molecule has 3 aromatic rings. The number of amides is 1. The number of ketones is 1. The van der Waals surface area contributed by atoms with Crippen LogP contribution in [0.1, 0.15) is 41.5 Å². The Kier molecular flexibility index (Phi) is 6.59. The Bertz CT molecular complexity index is 1450. The molecule has 5 rings (SSSR count). The lowest BCUT2D eigenvalue weighted by Crippen LogP contribution is -2.30. The molecule has 2 aliphatic heterocycles. The summed E-state index contributed by atoms with van der Waals surface area (Å²) in [5.41, 5.74) is 1.97. The fourth-order valence-electron chi connectivity index (χ4n) is 4.63. The normalized spacial score (nSPS) is 18.4. The van der Waals surface area contributed by atoms with Crippen LogP contribution in [0.4, 0.5) is 11.4 Å². The number of fused-ring (bicyclic) bond motifs is 1. The van der Waals surface area contributed by atoms with Crippen molar-refractivity contribution >= 4 is 34.8 Å². The van der Waals surface area contributed by atoms with Gasteiger partial charge in [0, 0.05) is 24.5 Å². The Balaban J connectivity index is 1.64. The number of ether oxygens (including phenoxy) is 2. The molecule has 2 aliphatic rings. The van der Waals surface area contributed by atoms with Crippen LogP contribution in [-0.2, 0) is 14.3 Å². The first-order valence-corrected chi connectivity index (χ1v) is 12.3. The summed E-state index contributed by atoms with van der Waals surface area (Å²) in [6, 6.07) is 15.5. The summed E-state index contributed by atoms with van der Waals surface area (Å²) in [6.45, 7) is 4.70. The molecule has 3 heterocycles. The highest BCUT2D eigenvalue weighted by atomic mass is 16.5. The van der Waals surface area contributed by atoms with Crippen molar-refractivity contribution in [2.45, 2.75) is 26.0 Å². The maximum atomic E-state index is 13.4. The third-order valence-electron chi connectivity index (χ3n) is 6.44. The molecule has 1 aromatic heterocycles. The van der Waals surface area contributed by atoms with E-state index in [4.69, 9.17) is 9.47 Å². The van der Waals surface area contributed by atoms with E-state index in [0.29, 0.717) is 35.8 Å². The molecule has 38 heavy (non-hydrogen) atoms. The molecule has 194 valence electrons. The van der Waals surface area contributed by atoms with Crippen LogP contribution in [0.3, 0.4) is 0 Å². The summed E-state index contributed by atoms with van der Waals surface area (Å²) in [5.74, 6) is -1.89. The number of aliphatic hydroxyl groups excluding tert-OH is 1. The van der Waals surface area contributed by atoms with E-state index in [0.717, 1.165) is 5.69 Å². The standard InChI is InChI=1S/C29H27N3O6/c1-17(2)38-29(36)19-7-6-8-20(15-19)32-25(21-9-4-5-12-30-21)24(27(34)28(32)35)26(33)18-10-11-23-22(16-18)31(3)13-14-37-23/h4-12,15-17,25,33H,13-14H2,1-3H3/b26-24-. The first kappa shape index (κ1) is 25.0. The van der Waals surface area contributed by atoms with Gasteiger partial charge in [-0.25, -0.2) is 4.79 Å². The Hall–Kier alpha value is -4.66. The van der Waals surface area contributed by atoms with E-state index in [1.54, 1.807) is 74.6 Å². The second-order valence-electron chi connectivity index (χ2n) is 9.38. The van der Waals surface area contributed by atoms with E-state index in [1.807, 2.05) is 11.9 Å². The molecular weight excluding hydrogens is 486 g/mol. The van der Waals surface area contributed by atoms with Gasteiger partial charge < -0.3 is 19.5 Å². The summed E-state index contributed by atoms with van der Waals surface area (Å²) < 4.78 is 11.0. The van der Waals surface area contributed by atoms with Crippen molar-refractivity contribution in [1.82, 2.24) is 4.98 Å². The van der Waals surface area contributed by atoms with Crippen molar-refractivity contribution in [2.24, 2.45) is 0 Å². The number of carbonyl (C=O) groups is 3. The van der Waals surface area contributed by atoms with E-state index in [2.05, 4.69) is 4.98 Å². The number of rotatable bonds is 5. The summed E-state index contributed by atoms with van der Waals surface area (Å²) in [4.78, 5) is 47.1. The second kappa shape index (κ2) is 10.0. The van der Waals surface area contributed by atoms with E-state index in [-0.39, 0.29) is 23.0 Å². The van der Waals surface area contributed by atoms with Gasteiger partial charge in [-0.15, -0.1) is 0 Å². The van der Waals surface area contributed by atoms with Crippen LogP contribution in [-0.4, -0.2) is 54.1 Å². The zero-order valence-corrected chi connectivity index (χ0v) is 21.2. The summed E-state index contributed by atoms with van der Waals surface area (Å²) in [5, 5.41) is 11.5. The van der Waals surface area contributed by atoms with Gasteiger partial charge in [-0.2, -0.15) is 0 Å². The Morgan fingerprint density at radius 3 is 2.63 bits per heavy atom. The Labute approximate surface area is 219 Å². The smallest absolute Gasteiger partial charge is 0.338 e. The highest BCUT2D eigenvalue weighted by Gasteiger charge is 2.47. The van der Waals surface area contributed by atoms with E-state index >= 15 is 0 Å². The van der Waals surface area contributed by atoms with Crippen LogP contribution in [0.5, 0.6) is 5.75 Å². The Morgan fingerprint density at radius 2 is 1.89 bits per heavy atom. The fraction of sp³-hybridized carbons (Fsp3) is 0.241. The highest BCUT2D eigenvalue weighted by molar-refractivity contribution is 6.51. The molecule has 0 spiro atoms. The average molecular weight is 514 g/mol. The number of aliphatic hydroxyl groups is 1. The van der Waals surface area contributed by atoms with Crippen molar-refractivity contribution in [3.63, 3.8) is 0 Å². The van der Waals surface area contributed by atoms with Gasteiger partial charge in [-0.1, -0.05) is 12.1 Å². The minimum Gasteiger partial charge on any atom is -0.507 e. The lowest BCUT2D eigenvalue weighted by molar-refractivity contribution is -0.132. The van der Waals surface area contributed by atoms with Gasteiger partial charge in [-0.05, 0) is 62.4 Å². The number of carbonyl (C=O) groups excluding carboxylic acids is 3. The predicted molar refractivity (Wildman–Crippen MR) is 141 cm³/mol. The number of benzene rings is 2. The van der Waals surface area contributed by atoms with E-state index in [1.165, 1.54) is 11.0 Å². The van der Waals surface area contributed by atoms with E-state index < -0.39 is 23.7 Å². The fourth-order valence-corrected chi connectivity index (χ4v) is 4.63. The molecule has 9 nitrogen and oxygen atoms in total. The number of Topliss-reactive ketones (excluding diaryl/α,β-unsaturated/α-hetero) is 1. The number of aromatic nitrogens is 1. The molecule has 0 aliphatic carbocycles. The van der Waals surface area contributed by atoms with Gasteiger partial charge in [-0.3, -0.25) is 19.5 Å². The van der Waals surface area contributed by atoms with Crippen LogP contribution in [0.25, 0.3) is 5.76 Å². The number of anilines is 2. The molecular formula is C29H27N3O6. The predicted octanol–water partition coefficient (Wildman–Crippen LogP) is 4.10. The van der Waals surface area contributed by atoms with Crippen molar-refractivity contribution in [3.05, 3.63) is 89.3 Å². The molecule has 1 atom stereocenters. The molecule has 2 aromatic carbocycles. The molecule has 9 heteroatoms. The van der Waals surface area contributed by atoms with Crippen LogP contribution in [0.2, 0.25) is 0 Å². The topological polar surface area (TPSA) is 109 Å². The molecule has 1 amide bonds. The van der Waals surface area contributed by atoms with Gasteiger partial charge in [0.2, 0.25) is 0 Å². The first-order valence-electron chi connectivity index (χ1n) is 12.3. The third kappa shape index (κ3) is 4.47. The van der Waals surface area contributed by atoms with Gasteiger partial charge in [0.25, 0.3) is 11.7 Å². The summed E-state index contributed by atoms with van der Waals surface area (Å²) >= 11 is 0. The minimum absolute atomic E-state index is 0.0943. The second-order valence-corrected chi connectivity index (χ2v) is 9.38. The van der Waals surface area contributed by atoms with Crippen LogP contribution in [0, 0.1) is 0 Å². The zero-order valence-electron chi connectivity index (χ0n) is 21.2. The van der Waals surface area contributed by atoms with Gasteiger partial charge in [0.1, 0.15) is 24.2 Å². The van der Waals surface area contributed by atoms with Gasteiger partial charge in [0.15, 0.2) is 0 Å². The maximum Gasteiger partial charge on any atom is 0.338 e. The van der Waals surface area contributed by atoms with Gasteiger partial charge in [0.05, 0.1) is 35.2 Å². The number of nitrogens with zero attached hydrogens (tertiary/aromatic N) is 3. The third-order valence-corrected chi connectivity index (χ3v) is 6.44. The Morgan fingerprint density at radius 1 is 1.08 bits per heavy atom. The van der Waals surface area contributed by atoms with Crippen molar-refractivity contribution in [1.29, 1.82) is 0 Å². The van der Waals surface area contributed by atoms with Gasteiger partial charge >= 0.3 is 5.97 Å². The number of hydrogen-bond donors (Lipinski definition) is 1. The van der Waals surface area contributed by atoms with Crippen molar-refractivity contribution in [3.8, 4) is 5.75 Å². The first-order chi connectivity index (χ1) is 18.3. The molecule has 0 bridgehead atoms. The zero-order chi connectivity index (χ0) is 27.0. The number of esters is 1. The molecule has 0 radical (unpaired) electrons. The van der Waals surface area contributed by atoms with Crippen molar-refractivity contribution < 1.29 is 29.0 Å². The highest BCUT2D eigenvalue weighted by Crippen LogP contribution is 2.42. The summed E-state index contributed by atoms with van der Waals surface area (Å²) in [6.07, 6.45) is 1.23. The summed E-state index contributed by atoms with van der Waals surface area (Å²) in [7, 11) is 1.91. The number of hydrogen-bond acceptors (Lipinski definition) is 8. The van der Waals surface area contributed by atoms with Crippen LogP contribution < -0.4 is 14.5 Å². The SMILES string of the molecule is CC(C)OC(=O)c1cccc(N2C(=O)C(=O)/C(=C(\O)c3ccc4c(c3)N(C)CCO4)C2c2ccccn2)c1. The van der Waals surface area contributed by atoms with E-state index in [9.17, 15) is 19.5 Å². The molecule has 0 saturated carbocycles. The maximum absolute atomic E-state index is 13.4. The molecule has 1 fully saturated rings.